The lowest BCUT2D eigenvalue weighted by molar-refractivity contribution is -0.123. The second kappa shape index (κ2) is 5.31. The maximum absolute atomic E-state index is 11.8. The fraction of sp³-hybridized carbons (Fsp3) is 0.833. The van der Waals surface area contributed by atoms with Crippen molar-refractivity contribution in [3.05, 3.63) is 0 Å². The molecule has 0 aromatic heterocycles. The minimum absolute atomic E-state index is 0.0420. The molecule has 1 heterocycles. The maximum atomic E-state index is 11.8. The zero-order valence-corrected chi connectivity index (χ0v) is 10.4. The minimum Gasteiger partial charge on any atom is -0.337 e. The fourth-order valence-electron chi connectivity index (χ4n) is 1.77. The predicted octanol–water partition coefficient (Wildman–Crippen LogP) is 1.14. The molecule has 0 radical (unpaired) electrons. The lowest BCUT2D eigenvalue weighted by atomic mass is 9.90. The number of nitriles is 1. The molecule has 16 heavy (non-hydrogen) atoms. The third-order valence-electron chi connectivity index (χ3n) is 3.35. The van der Waals surface area contributed by atoms with E-state index in [0.717, 1.165) is 13.1 Å². The molecule has 1 fully saturated rings. The molecule has 4 heteroatoms. The zero-order valence-electron chi connectivity index (χ0n) is 10.4. The van der Waals surface area contributed by atoms with Gasteiger partial charge in [0.1, 0.15) is 5.54 Å². The Kier molecular flexibility index (Phi) is 4.31. The predicted molar refractivity (Wildman–Crippen MR) is 62.7 cm³/mol. The van der Waals surface area contributed by atoms with Crippen molar-refractivity contribution in [2.45, 2.75) is 39.2 Å². The lowest BCUT2D eigenvalue weighted by Gasteiger charge is -2.28. The highest BCUT2D eigenvalue weighted by molar-refractivity contribution is 5.79. The summed E-state index contributed by atoms with van der Waals surface area (Å²) in [4.78, 5) is 13.9. The van der Waals surface area contributed by atoms with E-state index < -0.39 is 5.54 Å². The molecule has 1 aliphatic heterocycles. The van der Waals surface area contributed by atoms with Crippen molar-refractivity contribution in [3.8, 4) is 6.07 Å². The molecule has 0 aromatic rings. The molecule has 0 aliphatic carbocycles. The number of hydrogen-bond acceptors (Lipinski definition) is 3. The highest BCUT2D eigenvalue weighted by Gasteiger charge is 2.30. The number of nitrogens with one attached hydrogen (secondary N) is 1. The van der Waals surface area contributed by atoms with Gasteiger partial charge in [-0.2, -0.15) is 5.26 Å². The van der Waals surface area contributed by atoms with Crippen LogP contribution >= 0.6 is 0 Å². The lowest BCUT2D eigenvalue weighted by Crippen LogP contribution is -2.51. The molecule has 0 aromatic carbocycles. The van der Waals surface area contributed by atoms with Crippen LogP contribution in [-0.2, 0) is 4.79 Å². The summed E-state index contributed by atoms with van der Waals surface area (Å²) in [5, 5.41) is 11.9. The van der Waals surface area contributed by atoms with Crippen molar-refractivity contribution < 1.29 is 4.79 Å². The molecule has 4 nitrogen and oxygen atoms in total. The Morgan fingerprint density at radius 2 is 2.06 bits per heavy atom. The number of rotatable bonds is 4. The van der Waals surface area contributed by atoms with Crippen molar-refractivity contribution in [1.29, 1.82) is 5.26 Å². The highest BCUT2D eigenvalue weighted by Crippen LogP contribution is 2.15. The summed E-state index contributed by atoms with van der Waals surface area (Å²) >= 11 is 0. The second-order valence-corrected chi connectivity index (χ2v) is 5.00. The molecular formula is C12H21N3O. The summed E-state index contributed by atoms with van der Waals surface area (Å²) in [7, 11) is 0. The number of amides is 1. The first-order valence-corrected chi connectivity index (χ1v) is 5.92. The van der Waals surface area contributed by atoms with Gasteiger partial charge in [-0.05, 0) is 38.8 Å². The smallest absolute Gasteiger partial charge is 0.235 e. The second-order valence-electron chi connectivity index (χ2n) is 5.00. The largest absolute Gasteiger partial charge is 0.337 e. The monoisotopic (exact) mass is 223 g/mol. The van der Waals surface area contributed by atoms with Crippen molar-refractivity contribution in [2.75, 3.05) is 19.6 Å². The molecule has 1 unspecified atom stereocenters. The molecule has 1 rings (SSSR count). The third kappa shape index (κ3) is 3.21. The van der Waals surface area contributed by atoms with Crippen LogP contribution in [0.15, 0.2) is 0 Å². The van der Waals surface area contributed by atoms with E-state index in [1.165, 1.54) is 12.8 Å². The van der Waals surface area contributed by atoms with Crippen LogP contribution in [0.2, 0.25) is 0 Å². The molecule has 1 amide bonds. The first-order valence-electron chi connectivity index (χ1n) is 5.92. The average Bonchev–Trinajstić information content (AvgIpc) is 2.69. The van der Waals surface area contributed by atoms with E-state index in [-0.39, 0.29) is 11.8 Å². The number of carbonyl (C=O) groups is 1. The summed E-state index contributed by atoms with van der Waals surface area (Å²) in [6.45, 7) is 8.08. The van der Waals surface area contributed by atoms with Gasteiger partial charge in [0.05, 0.1) is 12.6 Å². The summed E-state index contributed by atoms with van der Waals surface area (Å²) in [5.74, 6) is 0.0691. The van der Waals surface area contributed by atoms with E-state index in [0.29, 0.717) is 6.54 Å². The van der Waals surface area contributed by atoms with Crippen molar-refractivity contribution in [2.24, 2.45) is 5.92 Å². The first kappa shape index (κ1) is 13.0. The van der Waals surface area contributed by atoms with Gasteiger partial charge in [0.15, 0.2) is 0 Å². The topological polar surface area (TPSA) is 56.1 Å². The summed E-state index contributed by atoms with van der Waals surface area (Å²) in [5.41, 5.74) is -0.753. The minimum atomic E-state index is -0.753. The fourth-order valence-corrected chi connectivity index (χ4v) is 1.77. The Morgan fingerprint density at radius 3 is 2.50 bits per heavy atom. The Balaban J connectivity index is 2.46. The zero-order chi connectivity index (χ0) is 12.2. The van der Waals surface area contributed by atoms with Gasteiger partial charge >= 0.3 is 0 Å². The Morgan fingerprint density at radius 1 is 1.50 bits per heavy atom. The van der Waals surface area contributed by atoms with Crippen LogP contribution in [0.4, 0.5) is 0 Å². The molecule has 0 saturated carbocycles. The normalized spacial score (nSPS) is 20.4. The van der Waals surface area contributed by atoms with E-state index in [1.807, 2.05) is 13.8 Å². The number of nitrogens with zero attached hydrogens (tertiary/aromatic N) is 2. The van der Waals surface area contributed by atoms with Crippen LogP contribution < -0.4 is 5.32 Å². The molecule has 1 N–H and O–H groups in total. The first-order chi connectivity index (χ1) is 7.48. The summed E-state index contributed by atoms with van der Waals surface area (Å²) < 4.78 is 0. The van der Waals surface area contributed by atoms with E-state index in [2.05, 4.69) is 16.3 Å². The Labute approximate surface area is 97.6 Å². The number of likely N-dealkylation sites (tertiary alicyclic amines) is 1. The molecule has 1 saturated heterocycles. The quantitative estimate of drug-likeness (QED) is 0.777. The molecule has 0 bridgehead atoms. The summed E-state index contributed by atoms with van der Waals surface area (Å²) in [6, 6.07) is 2.18. The van der Waals surface area contributed by atoms with Gasteiger partial charge in [-0.3, -0.25) is 9.69 Å². The van der Waals surface area contributed by atoms with Crippen molar-refractivity contribution >= 4 is 5.91 Å². The molecule has 90 valence electrons. The third-order valence-corrected chi connectivity index (χ3v) is 3.35. The van der Waals surface area contributed by atoms with Crippen molar-refractivity contribution in [1.82, 2.24) is 10.2 Å². The molecule has 1 aliphatic rings. The van der Waals surface area contributed by atoms with Crippen LogP contribution in [0.5, 0.6) is 0 Å². The van der Waals surface area contributed by atoms with E-state index >= 15 is 0 Å². The summed E-state index contributed by atoms with van der Waals surface area (Å²) in [6.07, 6.45) is 2.35. The van der Waals surface area contributed by atoms with Crippen molar-refractivity contribution in [3.63, 3.8) is 0 Å². The standard InChI is InChI=1S/C12H21N3O/c1-10(2)12(3,9-13)14-11(16)8-15-6-4-5-7-15/h10H,4-8H2,1-3H3,(H,14,16). The van der Waals surface area contributed by atoms with Gasteiger partial charge in [-0.15, -0.1) is 0 Å². The van der Waals surface area contributed by atoms with Gasteiger partial charge < -0.3 is 5.32 Å². The van der Waals surface area contributed by atoms with Crippen LogP contribution in [0.3, 0.4) is 0 Å². The SMILES string of the molecule is CC(C)C(C)(C#N)NC(=O)CN1CCCC1. The van der Waals surface area contributed by atoms with Crippen LogP contribution in [0.25, 0.3) is 0 Å². The Hall–Kier alpha value is -1.08. The Bertz CT molecular complexity index is 289. The van der Waals surface area contributed by atoms with Gasteiger partial charge in [0, 0.05) is 0 Å². The van der Waals surface area contributed by atoms with E-state index in [1.54, 1.807) is 6.92 Å². The van der Waals surface area contributed by atoms with E-state index in [9.17, 15) is 4.79 Å². The van der Waals surface area contributed by atoms with Crippen LogP contribution in [0, 0.1) is 17.2 Å². The maximum Gasteiger partial charge on any atom is 0.235 e. The average molecular weight is 223 g/mol. The molecule has 1 atom stereocenters. The van der Waals surface area contributed by atoms with Gasteiger partial charge in [0.25, 0.3) is 0 Å². The highest BCUT2D eigenvalue weighted by atomic mass is 16.2. The van der Waals surface area contributed by atoms with Gasteiger partial charge in [0.2, 0.25) is 5.91 Å². The number of carbonyl (C=O) groups excluding carboxylic acids is 1. The number of hydrogen-bond donors (Lipinski definition) is 1. The molecular weight excluding hydrogens is 202 g/mol. The van der Waals surface area contributed by atoms with Crippen LogP contribution in [-0.4, -0.2) is 36.0 Å². The van der Waals surface area contributed by atoms with Crippen LogP contribution in [0.1, 0.15) is 33.6 Å². The van der Waals surface area contributed by atoms with Gasteiger partial charge in [-0.1, -0.05) is 13.8 Å². The molecule has 0 spiro atoms. The van der Waals surface area contributed by atoms with Gasteiger partial charge in [-0.25, -0.2) is 0 Å². The van der Waals surface area contributed by atoms with E-state index in [4.69, 9.17) is 5.26 Å².